The summed E-state index contributed by atoms with van der Waals surface area (Å²) in [6.07, 6.45) is 4.74. The maximum atomic E-state index is 12.5. The van der Waals surface area contributed by atoms with Crippen molar-refractivity contribution in [2.24, 2.45) is 46.3 Å². The number of aliphatic hydroxyl groups is 2. The lowest BCUT2D eigenvalue weighted by molar-refractivity contribution is -0.185. The zero-order chi connectivity index (χ0) is 29.6. The molecular formula is C30H46O10. The van der Waals surface area contributed by atoms with Crippen molar-refractivity contribution in [2.45, 2.75) is 116 Å². The van der Waals surface area contributed by atoms with E-state index in [1.54, 1.807) is 0 Å². The molecule has 4 saturated carbocycles. The highest BCUT2D eigenvalue weighted by Gasteiger charge is 2.64. The number of carboxylic acid groups (broad SMARTS) is 3. The van der Waals surface area contributed by atoms with E-state index in [4.69, 9.17) is 9.84 Å². The number of ether oxygens (including phenoxy) is 1. The molecule has 4 fully saturated rings. The Labute approximate surface area is 235 Å². The summed E-state index contributed by atoms with van der Waals surface area (Å²) in [4.78, 5) is 46.2. The first-order valence-corrected chi connectivity index (χ1v) is 14.9. The van der Waals surface area contributed by atoms with E-state index in [1.165, 1.54) is 0 Å². The van der Waals surface area contributed by atoms with E-state index in [0.717, 1.165) is 38.5 Å². The summed E-state index contributed by atoms with van der Waals surface area (Å²) in [5.74, 6) is -2.92. The van der Waals surface area contributed by atoms with Crippen LogP contribution in [-0.2, 0) is 23.9 Å². The maximum absolute atomic E-state index is 12.5. The number of aliphatic carboxylic acids is 3. The Bertz CT molecular complexity index is 1010. The van der Waals surface area contributed by atoms with E-state index in [-0.39, 0.29) is 29.1 Å². The van der Waals surface area contributed by atoms with Crippen LogP contribution in [0.1, 0.15) is 97.8 Å². The Morgan fingerprint density at radius 1 is 0.925 bits per heavy atom. The van der Waals surface area contributed by atoms with Crippen molar-refractivity contribution in [3.8, 4) is 0 Å². The van der Waals surface area contributed by atoms with Gasteiger partial charge in [0.05, 0.1) is 18.9 Å². The smallest absolute Gasteiger partial charge is 0.336 e. The number of carboxylic acids is 3. The van der Waals surface area contributed by atoms with Crippen molar-refractivity contribution in [3.63, 3.8) is 0 Å². The minimum atomic E-state index is -2.71. The minimum Gasteiger partial charge on any atom is -0.481 e. The van der Waals surface area contributed by atoms with Gasteiger partial charge in [0.2, 0.25) is 0 Å². The average molecular weight is 567 g/mol. The molecule has 4 aliphatic carbocycles. The zero-order valence-corrected chi connectivity index (χ0v) is 23.9. The predicted molar refractivity (Wildman–Crippen MR) is 142 cm³/mol. The van der Waals surface area contributed by atoms with Crippen LogP contribution in [0.15, 0.2) is 0 Å². The fourth-order valence-corrected chi connectivity index (χ4v) is 9.73. The molecule has 0 saturated heterocycles. The molecule has 0 spiro atoms. The van der Waals surface area contributed by atoms with Crippen molar-refractivity contribution in [2.75, 3.05) is 0 Å². The lowest BCUT2D eigenvalue weighted by atomic mass is 9.43. The number of rotatable bonds is 10. The monoisotopic (exact) mass is 566 g/mol. The van der Waals surface area contributed by atoms with Gasteiger partial charge in [-0.2, -0.15) is 0 Å². The molecule has 4 rings (SSSR count). The van der Waals surface area contributed by atoms with E-state index in [1.807, 2.05) is 0 Å². The lowest BCUT2D eigenvalue weighted by Crippen LogP contribution is -2.59. The highest BCUT2D eigenvalue weighted by Crippen LogP contribution is 2.68. The molecule has 226 valence electrons. The van der Waals surface area contributed by atoms with Crippen molar-refractivity contribution in [1.29, 1.82) is 0 Å². The molecule has 40 heavy (non-hydrogen) atoms. The van der Waals surface area contributed by atoms with Crippen LogP contribution < -0.4 is 0 Å². The van der Waals surface area contributed by atoms with Gasteiger partial charge in [-0.15, -0.1) is 0 Å². The molecule has 10 nitrogen and oxygen atoms in total. The van der Waals surface area contributed by atoms with Crippen LogP contribution in [-0.4, -0.2) is 67.2 Å². The van der Waals surface area contributed by atoms with Crippen LogP contribution >= 0.6 is 0 Å². The summed E-state index contributed by atoms with van der Waals surface area (Å²) in [5.41, 5.74) is -2.95. The summed E-state index contributed by atoms with van der Waals surface area (Å²) in [6, 6.07) is 0. The van der Waals surface area contributed by atoms with Crippen LogP contribution in [0.5, 0.6) is 0 Å². The Hall–Kier alpha value is -2.20. The van der Waals surface area contributed by atoms with Crippen LogP contribution in [0, 0.1) is 46.3 Å². The second kappa shape index (κ2) is 11.2. The third kappa shape index (κ3) is 5.50. The van der Waals surface area contributed by atoms with Crippen LogP contribution in [0.25, 0.3) is 0 Å². The average Bonchev–Trinajstić information content (AvgIpc) is 3.21. The second-order valence-electron chi connectivity index (χ2n) is 13.8. The maximum Gasteiger partial charge on any atom is 0.336 e. The summed E-state index contributed by atoms with van der Waals surface area (Å²) in [5, 5.41) is 49.3. The van der Waals surface area contributed by atoms with E-state index in [0.29, 0.717) is 42.9 Å². The van der Waals surface area contributed by atoms with Crippen molar-refractivity contribution < 1.29 is 49.4 Å². The second-order valence-corrected chi connectivity index (χ2v) is 13.8. The van der Waals surface area contributed by atoms with Crippen molar-refractivity contribution in [1.82, 2.24) is 0 Å². The molecule has 11 atom stereocenters. The first-order valence-electron chi connectivity index (χ1n) is 14.9. The molecule has 4 aliphatic rings. The summed E-state index contributed by atoms with van der Waals surface area (Å²) in [7, 11) is 0. The van der Waals surface area contributed by atoms with E-state index in [2.05, 4.69) is 20.8 Å². The highest BCUT2D eigenvalue weighted by molar-refractivity contribution is 5.88. The number of carbonyl (C=O) groups excluding carboxylic acids is 1. The Balaban J connectivity index is 1.42. The molecule has 1 unspecified atom stereocenters. The molecule has 10 heteroatoms. The van der Waals surface area contributed by atoms with Crippen LogP contribution in [0.3, 0.4) is 0 Å². The fourth-order valence-electron chi connectivity index (χ4n) is 9.73. The van der Waals surface area contributed by atoms with Gasteiger partial charge in [0.1, 0.15) is 6.10 Å². The highest BCUT2D eigenvalue weighted by atomic mass is 16.5. The van der Waals surface area contributed by atoms with Gasteiger partial charge in [0, 0.05) is 6.42 Å². The van der Waals surface area contributed by atoms with Crippen LogP contribution in [0.4, 0.5) is 0 Å². The molecule has 0 aromatic carbocycles. The standard InChI is InChI=1S/C30H46O10/c1-16(4-9-24(32)33)20-7-8-21-19-6-5-17-12-18(40-26(36)15-30(39,27(37)38)14-25(34)35)10-11-28(17,2)22(19)13-23(31)29(20,21)3/h16-23,31,39H,4-15H2,1-3H3,(H,32,33)(H,34,35)(H,37,38)/t16-,17-,18-,19+,20-,21+,22+,23+,28+,29-,30?/m1/s1. The Morgan fingerprint density at radius 2 is 1.62 bits per heavy atom. The van der Waals surface area contributed by atoms with Gasteiger partial charge in [0.15, 0.2) is 5.60 Å². The van der Waals surface area contributed by atoms with Gasteiger partial charge in [-0.3, -0.25) is 14.4 Å². The van der Waals surface area contributed by atoms with Crippen molar-refractivity contribution in [3.05, 3.63) is 0 Å². The summed E-state index contributed by atoms with van der Waals surface area (Å²) >= 11 is 0. The molecule has 0 aromatic rings. The SMILES string of the molecule is C[C@H](CCC(=O)O)[C@H]1CC[C@H]2[C@@H]3CC[C@@H]4C[C@H](OC(=O)CC(O)(CC(=O)O)C(=O)O)CC[C@]4(C)[C@H]3C[C@H](O)[C@]12C. The van der Waals surface area contributed by atoms with E-state index in [9.17, 15) is 39.6 Å². The first kappa shape index (κ1) is 30.8. The zero-order valence-electron chi connectivity index (χ0n) is 23.9. The van der Waals surface area contributed by atoms with E-state index >= 15 is 0 Å². The molecule has 0 aromatic heterocycles. The molecular weight excluding hydrogens is 520 g/mol. The fraction of sp³-hybridized carbons (Fsp3) is 0.867. The van der Waals surface area contributed by atoms with Gasteiger partial charge in [-0.05, 0) is 104 Å². The predicted octanol–water partition coefficient (Wildman–Crippen LogP) is 3.71. The molecule has 0 bridgehead atoms. The van der Waals surface area contributed by atoms with Gasteiger partial charge >= 0.3 is 23.9 Å². The quantitative estimate of drug-likeness (QED) is 0.245. The number of hydrogen-bond acceptors (Lipinski definition) is 7. The third-order valence-corrected chi connectivity index (χ3v) is 11.9. The van der Waals surface area contributed by atoms with Gasteiger partial charge < -0.3 is 30.3 Å². The van der Waals surface area contributed by atoms with Crippen molar-refractivity contribution >= 4 is 23.9 Å². The summed E-state index contributed by atoms with van der Waals surface area (Å²) in [6.45, 7) is 6.68. The molecule has 0 aliphatic heterocycles. The topological polar surface area (TPSA) is 179 Å². The number of fused-ring (bicyclic) bond motifs is 5. The number of carbonyl (C=O) groups is 4. The largest absolute Gasteiger partial charge is 0.481 e. The summed E-state index contributed by atoms with van der Waals surface area (Å²) < 4.78 is 5.59. The first-order chi connectivity index (χ1) is 18.6. The molecule has 0 radical (unpaired) electrons. The van der Waals surface area contributed by atoms with E-state index < -0.39 is 54.5 Å². The van der Waals surface area contributed by atoms with Gasteiger partial charge in [-0.1, -0.05) is 20.8 Å². The minimum absolute atomic E-state index is 0.0216. The molecule has 0 heterocycles. The number of hydrogen-bond donors (Lipinski definition) is 5. The van der Waals surface area contributed by atoms with Gasteiger partial charge in [0.25, 0.3) is 0 Å². The Morgan fingerprint density at radius 3 is 2.25 bits per heavy atom. The van der Waals surface area contributed by atoms with Gasteiger partial charge in [-0.25, -0.2) is 4.79 Å². The molecule has 0 amide bonds. The number of esters is 1. The molecule has 5 N–H and O–H groups in total. The van der Waals surface area contributed by atoms with Crippen LogP contribution in [0.2, 0.25) is 0 Å². The Kier molecular flexibility index (Phi) is 8.64. The third-order valence-electron chi connectivity index (χ3n) is 11.9. The lowest BCUT2D eigenvalue weighted by Gasteiger charge is -2.62. The number of aliphatic hydroxyl groups excluding tert-OH is 1. The normalized spacial score (nSPS) is 41.0.